The molecule has 0 atom stereocenters. The summed E-state index contributed by atoms with van der Waals surface area (Å²) in [7, 11) is -1.41. The van der Waals surface area contributed by atoms with E-state index in [9.17, 15) is 10.2 Å². The van der Waals surface area contributed by atoms with Crippen molar-refractivity contribution in [1.29, 1.82) is 0 Å². The lowest BCUT2D eigenvalue weighted by Crippen LogP contribution is -2.29. The van der Waals surface area contributed by atoms with E-state index in [1.54, 1.807) is 54.9 Å². The maximum Gasteiger partial charge on any atom is 0.488 e. The number of nitrogens with one attached hydrogen (secondary N) is 2. The zero-order chi connectivity index (χ0) is 38.4. The zero-order valence-electron chi connectivity index (χ0n) is 29.5. The number of aromatic amines is 2. The quantitative estimate of drug-likeness (QED) is 0.0831. The molecule has 0 aliphatic rings. The van der Waals surface area contributed by atoms with E-state index in [4.69, 9.17) is 21.5 Å². The summed E-state index contributed by atoms with van der Waals surface area (Å²) in [6, 6.07) is 25.3. The standard InChI is InChI=1S/C20H18N4O.C13H13BrN2O.C7H7BN2O2/c1-2-16-17(13-5-8-18-14(9-13)10-23-24-18)11-22-20(21)19(16)12-3-6-15(25)7-4-12;1-2-10-11(14)7-16-13(15)12(10)8-3-5-9(17)6-4-8;11-8(12)6-1-2-7-5(3-6)4-9-10-7/h3-11,25H,2H2,1H3,(H2,21,22)(H,23,24);3-7,17H,2H2,1H3,(H2,15,16);1-4,11-12H,(H,9,10). The molecule has 0 aliphatic carbocycles. The van der Waals surface area contributed by atoms with Gasteiger partial charge in [0.05, 0.1) is 23.4 Å². The van der Waals surface area contributed by atoms with E-state index in [1.165, 1.54) is 0 Å². The van der Waals surface area contributed by atoms with E-state index in [0.29, 0.717) is 17.1 Å². The lowest BCUT2D eigenvalue weighted by Gasteiger charge is -2.16. The molecule has 0 spiro atoms. The van der Waals surface area contributed by atoms with Gasteiger partial charge in [0.25, 0.3) is 0 Å². The fourth-order valence-electron chi connectivity index (χ4n) is 6.20. The smallest absolute Gasteiger partial charge is 0.488 e. The number of hydrogen-bond acceptors (Lipinski definition) is 10. The maximum absolute atomic E-state index is 9.56. The monoisotopic (exact) mass is 784 g/mol. The fourth-order valence-corrected chi connectivity index (χ4v) is 6.78. The predicted octanol–water partition coefficient (Wildman–Crippen LogP) is 6.75. The number of fused-ring (bicyclic) bond motifs is 2. The lowest BCUT2D eigenvalue weighted by molar-refractivity contribution is 0.426. The Bertz CT molecular complexity index is 2520. The Morgan fingerprint density at radius 1 is 0.611 bits per heavy atom. The molecule has 0 fully saturated rings. The van der Waals surface area contributed by atoms with Crippen LogP contribution in [0.5, 0.6) is 11.5 Å². The molecule has 0 aliphatic heterocycles. The van der Waals surface area contributed by atoms with Crippen LogP contribution in [0.1, 0.15) is 25.0 Å². The van der Waals surface area contributed by atoms with Crippen LogP contribution in [0.15, 0.2) is 114 Å². The van der Waals surface area contributed by atoms with Crippen LogP contribution in [0.3, 0.4) is 0 Å². The van der Waals surface area contributed by atoms with Gasteiger partial charge in [-0.25, -0.2) is 9.97 Å². The molecule has 0 radical (unpaired) electrons. The molecule has 4 aromatic heterocycles. The van der Waals surface area contributed by atoms with E-state index in [0.717, 1.165) is 83.6 Å². The Hall–Kier alpha value is -6.22. The molecular formula is C40H38BBrN8O4. The maximum atomic E-state index is 9.56. The third kappa shape index (κ3) is 8.21. The van der Waals surface area contributed by atoms with Crippen LogP contribution in [0, 0.1) is 0 Å². The van der Waals surface area contributed by atoms with E-state index in [1.807, 2.05) is 42.7 Å². The Kier molecular flexibility index (Phi) is 11.6. The highest BCUT2D eigenvalue weighted by Crippen LogP contribution is 2.37. The summed E-state index contributed by atoms with van der Waals surface area (Å²) < 4.78 is 0.956. The number of halogens is 1. The molecular weight excluding hydrogens is 747 g/mol. The summed E-state index contributed by atoms with van der Waals surface area (Å²) >= 11 is 3.49. The fraction of sp³-hybridized carbons (Fsp3) is 0.100. The third-order valence-electron chi connectivity index (χ3n) is 8.91. The van der Waals surface area contributed by atoms with Crippen molar-refractivity contribution in [1.82, 2.24) is 30.4 Å². The van der Waals surface area contributed by atoms with Gasteiger partial charge in [-0.05, 0) is 105 Å². The van der Waals surface area contributed by atoms with Crippen LogP contribution in [-0.4, -0.2) is 57.7 Å². The second kappa shape index (κ2) is 16.6. The number of aromatic hydroxyl groups is 2. The van der Waals surface area contributed by atoms with Crippen LogP contribution in [0.2, 0.25) is 0 Å². The van der Waals surface area contributed by atoms with Gasteiger partial charge in [-0.3, -0.25) is 10.2 Å². The minimum atomic E-state index is -1.41. The minimum Gasteiger partial charge on any atom is -0.508 e. The molecule has 0 saturated carbocycles. The molecule has 10 N–H and O–H groups in total. The number of aromatic nitrogens is 6. The number of rotatable bonds is 6. The molecule has 14 heteroatoms. The number of hydrogen-bond donors (Lipinski definition) is 8. The Labute approximate surface area is 319 Å². The Morgan fingerprint density at radius 3 is 1.63 bits per heavy atom. The third-order valence-corrected chi connectivity index (χ3v) is 9.60. The first-order chi connectivity index (χ1) is 26.1. The van der Waals surface area contributed by atoms with Gasteiger partial charge in [0, 0.05) is 44.3 Å². The van der Waals surface area contributed by atoms with E-state index < -0.39 is 7.12 Å². The normalized spacial score (nSPS) is 10.8. The Morgan fingerprint density at radius 2 is 1.09 bits per heavy atom. The van der Waals surface area contributed by atoms with Gasteiger partial charge in [0.2, 0.25) is 0 Å². The summed E-state index contributed by atoms with van der Waals surface area (Å²) in [6.07, 6.45) is 8.69. The van der Waals surface area contributed by atoms with Crippen molar-refractivity contribution in [3.63, 3.8) is 0 Å². The second-order valence-corrected chi connectivity index (χ2v) is 13.2. The Balaban J connectivity index is 0.000000148. The number of nitrogens with two attached hydrogens (primary N) is 2. The van der Waals surface area contributed by atoms with Crippen LogP contribution >= 0.6 is 15.9 Å². The van der Waals surface area contributed by atoms with Gasteiger partial charge in [0.15, 0.2) is 0 Å². The van der Waals surface area contributed by atoms with Gasteiger partial charge in [-0.2, -0.15) is 10.2 Å². The van der Waals surface area contributed by atoms with Crippen molar-refractivity contribution in [3.8, 4) is 44.9 Å². The van der Waals surface area contributed by atoms with Gasteiger partial charge in [-0.1, -0.05) is 56.3 Å². The summed E-state index contributed by atoms with van der Waals surface area (Å²) in [5.74, 6) is 1.48. The summed E-state index contributed by atoms with van der Waals surface area (Å²) in [6.45, 7) is 4.18. The number of pyridine rings is 2. The zero-order valence-corrected chi connectivity index (χ0v) is 31.1. The molecule has 54 heavy (non-hydrogen) atoms. The SMILES string of the molecule is CCc1c(-c2ccc3[nH]ncc3c2)cnc(N)c1-c1ccc(O)cc1.CCc1c(Br)cnc(N)c1-c1ccc(O)cc1.OB(O)c1ccc2[nH]ncc2c1. The van der Waals surface area contributed by atoms with Crippen molar-refractivity contribution in [2.24, 2.45) is 0 Å². The highest BCUT2D eigenvalue weighted by molar-refractivity contribution is 9.10. The van der Waals surface area contributed by atoms with Gasteiger partial charge in [0.1, 0.15) is 23.1 Å². The van der Waals surface area contributed by atoms with E-state index >= 15 is 0 Å². The van der Waals surface area contributed by atoms with Gasteiger partial charge >= 0.3 is 7.12 Å². The lowest BCUT2D eigenvalue weighted by atomic mass is 9.80. The molecule has 0 amide bonds. The largest absolute Gasteiger partial charge is 0.508 e. The van der Waals surface area contributed by atoms with Crippen molar-refractivity contribution < 1.29 is 20.3 Å². The number of phenolic OH excluding ortho intramolecular Hbond substituents is 2. The average Bonchev–Trinajstić information content (AvgIpc) is 3.86. The first kappa shape index (κ1) is 37.5. The minimum absolute atomic E-state index is 0.231. The second-order valence-electron chi connectivity index (χ2n) is 12.3. The molecule has 0 bridgehead atoms. The van der Waals surface area contributed by atoms with Crippen molar-refractivity contribution in [2.75, 3.05) is 11.5 Å². The van der Waals surface area contributed by atoms with Crippen LogP contribution in [0.25, 0.3) is 55.2 Å². The highest BCUT2D eigenvalue weighted by Gasteiger charge is 2.16. The first-order valence-electron chi connectivity index (χ1n) is 17.1. The topological polar surface area (TPSA) is 216 Å². The molecule has 272 valence electrons. The number of nitrogens with zero attached hydrogens (tertiary/aromatic N) is 4. The average molecular weight is 786 g/mol. The molecule has 4 heterocycles. The number of H-pyrrole nitrogens is 2. The van der Waals surface area contributed by atoms with Gasteiger partial charge in [-0.15, -0.1) is 0 Å². The molecule has 8 rings (SSSR count). The molecule has 8 aromatic rings. The number of nitrogen functional groups attached to an aromatic ring is 2. The molecule has 0 unspecified atom stereocenters. The number of phenols is 2. The summed E-state index contributed by atoms with van der Waals surface area (Å²) in [4.78, 5) is 8.58. The number of benzene rings is 4. The van der Waals surface area contributed by atoms with Crippen molar-refractivity contribution in [2.45, 2.75) is 26.7 Å². The van der Waals surface area contributed by atoms with E-state index in [2.05, 4.69) is 72.3 Å². The molecule has 12 nitrogen and oxygen atoms in total. The highest BCUT2D eigenvalue weighted by atomic mass is 79.9. The van der Waals surface area contributed by atoms with Crippen molar-refractivity contribution in [3.05, 3.63) is 125 Å². The summed E-state index contributed by atoms with van der Waals surface area (Å²) in [5, 5.41) is 52.1. The number of anilines is 2. The van der Waals surface area contributed by atoms with Crippen LogP contribution < -0.4 is 16.9 Å². The van der Waals surface area contributed by atoms with E-state index in [-0.39, 0.29) is 11.5 Å². The van der Waals surface area contributed by atoms with Crippen molar-refractivity contribution >= 4 is 62.0 Å². The summed E-state index contributed by atoms with van der Waals surface area (Å²) in [5.41, 5.74) is 22.7. The van der Waals surface area contributed by atoms with Gasteiger partial charge < -0.3 is 31.7 Å². The predicted molar refractivity (Wildman–Crippen MR) is 219 cm³/mol. The molecule has 4 aromatic carbocycles. The first-order valence-corrected chi connectivity index (χ1v) is 17.9. The van der Waals surface area contributed by atoms with Crippen LogP contribution in [0.4, 0.5) is 11.6 Å². The molecule has 0 saturated heterocycles. The van der Waals surface area contributed by atoms with Crippen LogP contribution in [-0.2, 0) is 12.8 Å².